The van der Waals surface area contributed by atoms with Crippen molar-refractivity contribution in [3.05, 3.63) is 23.8 Å². The fraction of sp³-hybridized carbons (Fsp3) is 0.600. The van der Waals surface area contributed by atoms with Gasteiger partial charge in [-0.3, -0.25) is 0 Å². The number of rotatable bonds is 4. The number of hydrogen-bond acceptors (Lipinski definition) is 3. The van der Waals surface area contributed by atoms with Crippen molar-refractivity contribution in [1.29, 1.82) is 0 Å². The molecule has 3 heteroatoms. The van der Waals surface area contributed by atoms with Crippen molar-refractivity contribution in [3.8, 4) is 11.5 Å². The molecule has 0 aliphatic heterocycles. The minimum Gasteiger partial charge on any atom is -0.497 e. The van der Waals surface area contributed by atoms with E-state index in [0.29, 0.717) is 5.92 Å². The number of methoxy groups -OCH3 is 2. The maximum absolute atomic E-state index is 10.00. The molecule has 0 spiro atoms. The Balaban J connectivity index is 2.34. The predicted octanol–water partition coefficient (Wildman–Crippen LogP) is 2.97. The van der Waals surface area contributed by atoms with Crippen molar-refractivity contribution < 1.29 is 14.6 Å². The average Bonchev–Trinajstić information content (AvgIpc) is 2.43. The van der Waals surface area contributed by atoms with Crippen LogP contribution in [0.2, 0.25) is 0 Å². The van der Waals surface area contributed by atoms with Gasteiger partial charge < -0.3 is 14.6 Å². The van der Waals surface area contributed by atoms with Crippen LogP contribution in [-0.2, 0) is 0 Å². The number of ether oxygens (including phenoxy) is 2. The summed E-state index contributed by atoms with van der Waals surface area (Å²) in [5, 5.41) is 10.00. The molecular weight excluding hydrogens is 228 g/mol. The smallest absolute Gasteiger partial charge is 0.126 e. The molecule has 1 aromatic carbocycles. The standard InChI is InChI=1S/C15H22O3/c1-5-15(2)12(9-14(15)16)11-7-6-10(17-3)8-13(11)18-4/h6-8,12,14,16H,5,9H2,1-4H3. The lowest BCUT2D eigenvalue weighted by atomic mass is 9.55. The number of hydrogen-bond donors (Lipinski definition) is 1. The fourth-order valence-electron chi connectivity index (χ4n) is 2.90. The molecule has 1 saturated carbocycles. The van der Waals surface area contributed by atoms with Gasteiger partial charge in [0.1, 0.15) is 11.5 Å². The minimum absolute atomic E-state index is 0.0398. The third kappa shape index (κ3) is 1.87. The van der Waals surface area contributed by atoms with E-state index < -0.39 is 0 Å². The van der Waals surface area contributed by atoms with Crippen LogP contribution >= 0.6 is 0 Å². The van der Waals surface area contributed by atoms with Crippen LogP contribution in [0.15, 0.2) is 18.2 Å². The van der Waals surface area contributed by atoms with E-state index in [9.17, 15) is 5.11 Å². The molecule has 1 aromatic rings. The van der Waals surface area contributed by atoms with E-state index in [-0.39, 0.29) is 11.5 Å². The van der Waals surface area contributed by atoms with Crippen LogP contribution in [0.25, 0.3) is 0 Å². The molecule has 1 aliphatic carbocycles. The van der Waals surface area contributed by atoms with E-state index in [1.54, 1.807) is 14.2 Å². The van der Waals surface area contributed by atoms with E-state index >= 15 is 0 Å². The minimum atomic E-state index is -0.209. The van der Waals surface area contributed by atoms with Crippen molar-refractivity contribution in [1.82, 2.24) is 0 Å². The van der Waals surface area contributed by atoms with Gasteiger partial charge in [0, 0.05) is 11.5 Å². The zero-order valence-corrected chi connectivity index (χ0v) is 11.6. The second-order valence-corrected chi connectivity index (χ2v) is 5.27. The second kappa shape index (κ2) is 4.81. The maximum atomic E-state index is 10.00. The Kier molecular flexibility index (Phi) is 3.53. The Labute approximate surface area is 109 Å². The van der Waals surface area contributed by atoms with E-state index in [1.165, 1.54) is 5.56 Å². The van der Waals surface area contributed by atoms with Crippen LogP contribution in [0.3, 0.4) is 0 Å². The SMILES string of the molecule is CCC1(C)C(O)CC1c1ccc(OC)cc1OC. The zero-order chi connectivity index (χ0) is 13.3. The molecule has 0 saturated heterocycles. The third-order valence-corrected chi connectivity index (χ3v) is 4.59. The van der Waals surface area contributed by atoms with Crippen LogP contribution in [0, 0.1) is 5.41 Å². The van der Waals surface area contributed by atoms with Crippen molar-refractivity contribution in [3.63, 3.8) is 0 Å². The Morgan fingerprint density at radius 2 is 2.06 bits per heavy atom. The molecule has 1 fully saturated rings. The third-order valence-electron chi connectivity index (χ3n) is 4.59. The Morgan fingerprint density at radius 1 is 1.33 bits per heavy atom. The van der Waals surface area contributed by atoms with E-state index in [2.05, 4.69) is 19.9 Å². The molecule has 0 amide bonds. The molecule has 3 unspecified atom stereocenters. The summed E-state index contributed by atoms with van der Waals surface area (Å²) in [7, 11) is 3.33. The maximum Gasteiger partial charge on any atom is 0.126 e. The lowest BCUT2D eigenvalue weighted by Crippen LogP contribution is -2.49. The topological polar surface area (TPSA) is 38.7 Å². The highest BCUT2D eigenvalue weighted by Crippen LogP contribution is 2.56. The van der Waals surface area contributed by atoms with E-state index in [4.69, 9.17) is 9.47 Å². The first-order valence-electron chi connectivity index (χ1n) is 6.46. The van der Waals surface area contributed by atoms with Gasteiger partial charge in [0.25, 0.3) is 0 Å². The Morgan fingerprint density at radius 3 is 2.56 bits per heavy atom. The van der Waals surface area contributed by atoms with E-state index in [0.717, 1.165) is 24.3 Å². The summed E-state index contributed by atoms with van der Waals surface area (Å²) in [6.07, 6.45) is 1.57. The van der Waals surface area contributed by atoms with Gasteiger partial charge in [-0.25, -0.2) is 0 Å². The lowest BCUT2D eigenvalue weighted by molar-refractivity contribution is -0.0783. The zero-order valence-electron chi connectivity index (χ0n) is 11.6. The normalized spacial score (nSPS) is 30.7. The molecule has 3 atom stereocenters. The van der Waals surface area contributed by atoms with E-state index in [1.807, 2.05) is 12.1 Å². The van der Waals surface area contributed by atoms with Crippen LogP contribution in [0.4, 0.5) is 0 Å². The van der Waals surface area contributed by atoms with Crippen molar-refractivity contribution in [2.24, 2.45) is 5.41 Å². The molecule has 1 aliphatic rings. The molecule has 0 aromatic heterocycles. The molecule has 2 rings (SSSR count). The fourth-order valence-corrected chi connectivity index (χ4v) is 2.90. The summed E-state index contributed by atoms with van der Waals surface area (Å²) in [5.74, 6) is 2.01. The summed E-state index contributed by atoms with van der Waals surface area (Å²) < 4.78 is 10.7. The number of benzene rings is 1. The molecule has 3 nitrogen and oxygen atoms in total. The van der Waals surface area contributed by atoms with Gasteiger partial charge in [-0.15, -0.1) is 0 Å². The first-order chi connectivity index (χ1) is 8.56. The van der Waals surface area contributed by atoms with Gasteiger partial charge in [-0.05, 0) is 30.4 Å². The van der Waals surface area contributed by atoms with Crippen LogP contribution in [0.5, 0.6) is 11.5 Å². The van der Waals surface area contributed by atoms with Crippen LogP contribution in [-0.4, -0.2) is 25.4 Å². The molecule has 0 heterocycles. The molecule has 1 N–H and O–H groups in total. The predicted molar refractivity (Wildman–Crippen MR) is 71.3 cm³/mol. The monoisotopic (exact) mass is 250 g/mol. The quantitative estimate of drug-likeness (QED) is 0.893. The van der Waals surface area contributed by atoms with Crippen molar-refractivity contribution >= 4 is 0 Å². The summed E-state index contributed by atoms with van der Waals surface area (Å²) >= 11 is 0. The highest BCUT2D eigenvalue weighted by molar-refractivity contribution is 5.45. The summed E-state index contributed by atoms with van der Waals surface area (Å²) in [6.45, 7) is 4.28. The van der Waals surface area contributed by atoms with Crippen molar-refractivity contribution in [2.45, 2.75) is 38.7 Å². The molecule has 0 bridgehead atoms. The highest BCUT2D eigenvalue weighted by atomic mass is 16.5. The number of aliphatic hydroxyl groups is 1. The largest absolute Gasteiger partial charge is 0.497 e. The lowest BCUT2D eigenvalue weighted by Gasteiger charge is -2.52. The molecular formula is C15H22O3. The van der Waals surface area contributed by atoms with Gasteiger partial charge in [0.15, 0.2) is 0 Å². The first kappa shape index (κ1) is 13.2. The molecule has 0 radical (unpaired) electrons. The molecule has 100 valence electrons. The summed E-state index contributed by atoms with van der Waals surface area (Å²) in [5.41, 5.74) is 1.13. The highest BCUT2D eigenvalue weighted by Gasteiger charge is 2.50. The average molecular weight is 250 g/mol. The molecule has 18 heavy (non-hydrogen) atoms. The first-order valence-corrected chi connectivity index (χ1v) is 6.46. The van der Waals surface area contributed by atoms with Gasteiger partial charge in [-0.2, -0.15) is 0 Å². The van der Waals surface area contributed by atoms with Gasteiger partial charge in [0.05, 0.1) is 20.3 Å². The van der Waals surface area contributed by atoms with Gasteiger partial charge in [-0.1, -0.05) is 19.9 Å². The van der Waals surface area contributed by atoms with Crippen molar-refractivity contribution in [2.75, 3.05) is 14.2 Å². The summed E-state index contributed by atoms with van der Waals surface area (Å²) in [6, 6.07) is 5.93. The Bertz CT molecular complexity index is 430. The van der Waals surface area contributed by atoms with Gasteiger partial charge >= 0.3 is 0 Å². The van der Waals surface area contributed by atoms with Crippen LogP contribution < -0.4 is 9.47 Å². The second-order valence-electron chi connectivity index (χ2n) is 5.27. The summed E-state index contributed by atoms with van der Waals surface area (Å²) in [4.78, 5) is 0. The van der Waals surface area contributed by atoms with Gasteiger partial charge in [0.2, 0.25) is 0 Å². The Hall–Kier alpha value is -1.22. The number of aliphatic hydroxyl groups excluding tert-OH is 1. The van der Waals surface area contributed by atoms with Crippen LogP contribution in [0.1, 0.15) is 38.2 Å².